The lowest BCUT2D eigenvalue weighted by Crippen LogP contribution is -2.42. The van der Waals surface area contributed by atoms with Gasteiger partial charge in [0.15, 0.2) is 6.29 Å². The third-order valence-corrected chi connectivity index (χ3v) is 8.55. The van der Waals surface area contributed by atoms with Crippen LogP contribution in [-0.2, 0) is 28.4 Å². The largest absolute Gasteiger partial charge is 0.416 e. The maximum absolute atomic E-state index is 14.0. The highest BCUT2D eigenvalue weighted by atomic mass is 19.4. The summed E-state index contributed by atoms with van der Waals surface area (Å²) in [5, 5.41) is 0. The van der Waals surface area contributed by atoms with Gasteiger partial charge in [0.05, 0.1) is 23.8 Å². The van der Waals surface area contributed by atoms with Crippen molar-refractivity contribution in [3.05, 3.63) is 130 Å². The van der Waals surface area contributed by atoms with Gasteiger partial charge in [-0.15, -0.1) is 0 Å². The highest BCUT2D eigenvalue weighted by molar-refractivity contribution is 5.35. The van der Waals surface area contributed by atoms with Crippen molar-refractivity contribution in [3.8, 4) is 0 Å². The molecular weight excluding hydrogens is 613 g/mol. The van der Waals surface area contributed by atoms with E-state index in [2.05, 4.69) is 9.88 Å². The van der Waals surface area contributed by atoms with Crippen molar-refractivity contribution in [2.24, 2.45) is 11.8 Å². The summed E-state index contributed by atoms with van der Waals surface area (Å²) in [5.74, 6) is -0.689. The van der Waals surface area contributed by atoms with Crippen molar-refractivity contribution in [2.45, 2.75) is 51.1 Å². The molecule has 3 heterocycles. The van der Waals surface area contributed by atoms with Crippen molar-refractivity contribution in [2.75, 3.05) is 19.7 Å². The molecule has 46 heavy (non-hydrogen) atoms. The predicted molar refractivity (Wildman–Crippen MR) is 159 cm³/mol. The SMILES string of the molecule is Cc1cc(F)ccc1[C@@H]1[C@@H](O[C@H](C)c2cc(C(F)(F)F)cc(C(F)(F)F)c2)OC[C@@H]2CN(Cc3ccccc3)C[C@H]21.c1cc[nH]c1. The first-order valence-electron chi connectivity index (χ1n) is 15.0. The lowest BCUT2D eigenvalue weighted by atomic mass is 9.76. The third-order valence-electron chi connectivity index (χ3n) is 8.55. The Labute approximate surface area is 263 Å². The minimum atomic E-state index is -4.97. The molecule has 11 heteroatoms. The minimum Gasteiger partial charge on any atom is -0.368 e. The predicted octanol–water partition coefficient (Wildman–Crippen LogP) is 9.15. The van der Waals surface area contributed by atoms with Crippen molar-refractivity contribution < 1.29 is 40.2 Å². The quantitative estimate of drug-likeness (QED) is 0.212. The van der Waals surface area contributed by atoms with E-state index in [1.807, 2.05) is 54.9 Å². The van der Waals surface area contributed by atoms with E-state index < -0.39 is 47.6 Å². The smallest absolute Gasteiger partial charge is 0.368 e. The number of nitrogens with one attached hydrogen (secondary N) is 1. The Morgan fingerprint density at radius 1 is 0.870 bits per heavy atom. The molecule has 0 saturated carbocycles. The first-order chi connectivity index (χ1) is 21.8. The summed E-state index contributed by atoms with van der Waals surface area (Å²) in [6, 6.07) is 19.7. The molecule has 1 N–H and O–H groups in total. The van der Waals surface area contributed by atoms with Crippen LogP contribution in [0, 0.1) is 24.6 Å². The van der Waals surface area contributed by atoms with Gasteiger partial charge in [-0.1, -0.05) is 36.4 Å². The van der Waals surface area contributed by atoms with Gasteiger partial charge in [-0.25, -0.2) is 4.39 Å². The standard InChI is InChI=1S/C31H30F7NO2.C4H5N/c1-18-10-25(32)8-9-26(18)28-27-16-39(14-20-6-4-3-5-7-20)15-22(27)17-40-29(28)41-19(2)21-11-23(30(33,34)35)13-24(12-21)31(36,37)38;1-2-4-5-3-1/h3-13,19,22,27-29H,14-17H2,1-2H3;1-5H/t19-,22+,27-,28+,29-;/m1./s1. The van der Waals surface area contributed by atoms with E-state index in [4.69, 9.17) is 9.47 Å². The fraction of sp³-hybridized carbons (Fsp3) is 0.371. The van der Waals surface area contributed by atoms with E-state index in [1.165, 1.54) is 19.1 Å². The van der Waals surface area contributed by atoms with Crippen LogP contribution in [0.2, 0.25) is 0 Å². The Balaban J connectivity index is 0.000000760. The monoisotopic (exact) mass is 648 g/mol. The third kappa shape index (κ3) is 8.18. The summed E-state index contributed by atoms with van der Waals surface area (Å²) in [6.45, 7) is 5.65. The van der Waals surface area contributed by atoms with E-state index in [9.17, 15) is 30.7 Å². The average molecular weight is 649 g/mol. The second-order valence-corrected chi connectivity index (χ2v) is 11.8. The van der Waals surface area contributed by atoms with Crippen LogP contribution in [0.5, 0.6) is 0 Å². The molecule has 2 aliphatic rings. The molecule has 2 saturated heterocycles. The minimum absolute atomic E-state index is 0.0149. The molecule has 4 nitrogen and oxygen atoms in total. The molecule has 0 radical (unpaired) electrons. The van der Waals surface area contributed by atoms with E-state index in [1.54, 1.807) is 13.0 Å². The number of aromatic amines is 1. The molecule has 5 atom stereocenters. The van der Waals surface area contributed by atoms with Gasteiger partial charge in [0.1, 0.15) is 5.82 Å². The second-order valence-electron chi connectivity index (χ2n) is 11.8. The second kappa shape index (κ2) is 14.0. The van der Waals surface area contributed by atoms with Crippen LogP contribution in [-0.4, -0.2) is 35.9 Å². The molecule has 0 spiro atoms. The molecule has 246 valence electrons. The Bertz CT molecular complexity index is 1510. The van der Waals surface area contributed by atoms with Gasteiger partial charge in [-0.05, 0) is 90.4 Å². The zero-order chi connectivity index (χ0) is 33.1. The maximum atomic E-state index is 14.0. The zero-order valence-corrected chi connectivity index (χ0v) is 25.3. The topological polar surface area (TPSA) is 37.5 Å². The van der Waals surface area contributed by atoms with Crippen LogP contribution in [0.4, 0.5) is 30.7 Å². The number of rotatable bonds is 6. The van der Waals surface area contributed by atoms with E-state index in [0.29, 0.717) is 30.8 Å². The molecular formula is C35H35F7N2O2. The Hall–Kier alpha value is -3.67. The summed E-state index contributed by atoms with van der Waals surface area (Å²) >= 11 is 0. The number of nitrogens with zero attached hydrogens (tertiary/aromatic N) is 1. The Morgan fingerprint density at radius 2 is 1.52 bits per heavy atom. The molecule has 6 rings (SSSR count). The van der Waals surface area contributed by atoms with Gasteiger partial charge in [0.25, 0.3) is 0 Å². The van der Waals surface area contributed by atoms with Crippen molar-refractivity contribution >= 4 is 0 Å². The van der Waals surface area contributed by atoms with Gasteiger partial charge >= 0.3 is 12.4 Å². The van der Waals surface area contributed by atoms with Gasteiger partial charge < -0.3 is 14.5 Å². The average Bonchev–Trinajstić information content (AvgIpc) is 3.71. The van der Waals surface area contributed by atoms with Crippen LogP contribution >= 0.6 is 0 Å². The first kappa shape index (κ1) is 33.7. The van der Waals surface area contributed by atoms with Gasteiger partial charge in [-0.3, -0.25) is 4.90 Å². The van der Waals surface area contributed by atoms with Crippen LogP contribution in [0.3, 0.4) is 0 Å². The van der Waals surface area contributed by atoms with E-state index in [0.717, 1.165) is 24.2 Å². The van der Waals surface area contributed by atoms with Crippen molar-refractivity contribution in [1.29, 1.82) is 0 Å². The molecule has 4 aromatic rings. The van der Waals surface area contributed by atoms with Gasteiger partial charge in [0.2, 0.25) is 0 Å². The Morgan fingerprint density at radius 3 is 2.09 bits per heavy atom. The van der Waals surface area contributed by atoms with Crippen LogP contribution in [0.15, 0.2) is 91.3 Å². The summed E-state index contributed by atoms with van der Waals surface area (Å²) in [7, 11) is 0. The fourth-order valence-corrected chi connectivity index (χ4v) is 6.35. The van der Waals surface area contributed by atoms with Crippen LogP contribution in [0.1, 0.15) is 52.3 Å². The zero-order valence-electron chi connectivity index (χ0n) is 25.3. The van der Waals surface area contributed by atoms with Gasteiger partial charge in [0, 0.05) is 37.9 Å². The maximum Gasteiger partial charge on any atom is 0.416 e. The molecule has 0 aliphatic carbocycles. The highest BCUT2D eigenvalue weighted by Crippen LogP contribution is 2.46. The highest BCUT2D eigenvalue weighted by Gasteiger charge is 2.47. The number of aromatic nitrogens is 1. The number of alkyl halides is 6. The lowest BCUT2D eigenvalue weighted by Gasteiger charge is -2.41. The lowest BCUT2D eigenvalue weighted by molar-refractivity contribution is -0.217. The normalized spacial score (nSPS) is 22.5. The number of likely N-dealkylation sites (tertiary alicyclic amines) is 1. The number of benzene rings is 3. The number of aryl methyl sites for hydroxylation is 1. The van der Waals surface area contributed by atoms with Crippen molar-refractivity contribution in [3.63, 3.8) is 0 Å². The fourth-order valence-electron chi connectivity index (χ4n) is 6.35. The van der Waals surface area contributed by atoms with Gasteiger partial charge in [-0.2, -0.15) is 26.3 Å². The number of hydrogen-bond donors (Lipinski definition) is 1. The summed E-state index contributed by atoms with van der Waals surface area (Å²) < 4.78 is 107. The van der Waals surface area contributed by atoms with E-state index >= 15 is 0 Å². The van der Waals surface area contributed by atoms with Crippen molar-refractivity contribution in [1.82, 2.24) is 9.88 Å². The number of H-pyrrole nitrogens is 1. The molecule has 3 aromatic carbocycles. The molecule has 2 fully saturated rings. The molecule has 1 aromatic heterocycles. The molecule has 0 bridgehead atoms. The number of ether oxygens (including phenoxy) is 2. The summed E-state index contributed by atoms with van der Waals surface area (Å²) in [5.41, 5.74) is -0.473. The molecule has 0 amide bonds. The number of fused-ring (bicyclic) bond motifs is 1. The molecule has 2 aliphatic heterocycles. The Kier molecular flexibility index (Phi) is 10.2. The van der Waals surface area contributed by atoms with E-state index in [-0.39, 0.29) is 23.5 Å². The van der Waals surface area contributed by atoms with Crippen LogP contribution < -0.4 is 0 Å². The number of hydrogen-bond acceptors (Lipinski definition) is 3. The molecule has 0 unspecified atom stereocenters. The first-order valence-corrected chi connectivity index (χ1v) is 15.0. The summed E-state index contributed by atoms with van der Waals surface area (Å²) in [4.78, 5) is 5.16. The number of halogens is 7. The summed E-state index contributed by atoms with van der Waals surface area (Å²) in [6.07, 6.45) is -8.30. The van der Waals surface area contributed by atoms with Crippen LogP contribution in [0.25, 0.3) is 0 Å².